The molecule has 0 N–H and O–H groups in total. The summed E-state index contributed by atoms with van der Waals surface area (Å²) in [6.45, 7) is 4.60. The maximum atomic E-state index is 2.49. The fraction of sp³-hybridized carbons (Fsp3) is 0.913. The van der Waals surface area contributed by atoms with E-state index in [2.05, 4.69) is 26.0 Å². The molecule has 0 unspecified atom stereocenters. The molecular weight excluding hydrogens is 276 g/mol. The van der Waals surface area contributed by atoms with Crippen molar-refractivity contribution < 1.29 is 0 Å². The predicted octanol–water partition coefficient (Wildman–Crippen LogP) is 7.93. The van der Waals surface area contributed by atoms with Crippen LogP contribution in [-0.2, 0) is 0 Å². The standard InChI is InChI=1S/C23H42/c1-3-5-9-21-16-18-23(19-17-21)11-7-6-10-22-14-12-20(8-4-2)13-15-22/h5,9,20-23H,3-4,6-8,10-19H2,1-2H3/b9-5+. The smallest absolute Gasteiger partial charge is 0.0233 e. The zero-order chi connectivity index (χ0) is 16.3. The molecule has 0 spiro atoms. The molecule has 0 heterocycles. The van der Waals surface area contributed by atoms with Crippen LogP contribution in [0, 0.1) is 23.7 Å². The molecule has 2 aliphatic rings. The summed E-state index contributed by atoms with van der Waals surface area (Å²) in [6, 6.07) is 0. The fourth-order valence-corrected chi connectivity index (χ4v) is 5.08. The summed E-state index contributed by atoms with van der Waals surface area (Å²) in [7, 11) is 0. The lowest BCUT2D eigenvalue weighted by atomic mass is 9.77. The summed E-state index contributed by atoms with van der Waals surface area (Å²) in [5, 5.41) is 0. The van der Waals surface area contributed by atoms with Gasteiger partial charge < -0.3 is 0 Å². The van der Waals surface area contributed by atoms with Gasteiger partial charge in [0.05, 0.1) is 0 Å². The van der Waals surface area contributed by atoms with Gasteiger partial charge in [0, 0.05) is 0 Å². The Bertz CT molecular complexity index is 300. The lowest BCUT2D eigenvalue weighted by molar-refractivity contribution is 0.242. The van der Waals surface area contributed by atoms with Gasteiger partial charge in [-0.05, 0) is 55.8 Å². The second kappa shape index (κ2) is 11.3. The van der Waals surface area contributed by atoms with Gasteiger partial charge in [0.25, 0.3) is 0 Å². The van der Waals surface area contributed by atoms with Crippen LogP contribution in [-0.4, -0.2) is 0 Å². The zero-order valence-corrected chi connectivity index (χ0v) is 16.1. The number of hydrogen-bond acceptors (Lipinski definition) is 0. The maximum absolute atomic E-state index is 2.49. The summed E-state index contributed by atoms with van der Waals surface area (Å²) in [6.07, 6.45) is 27.1. The molecule has 2 aliphatic carbocycles. The van der Waals surface area contributed by atoms with E-state index in [-0.39, 0.29) is 0 Å². The van der Waals surface area contributed by atoms with Gasteiger partial charge >= 0.3 is 0 Å². The molecule has 0 radical (unpaired) electrons. The van der Waals surface area contributed by atoms with E-state index < -0.39 is 0 Å². The average Bonchev–Trinajstić information content (AvgIpc) is 2.59. The lowest BCUT2D eigenvalue weighted by Crippen LogP contribution is -2.15. The third-order valence-electron chi connectivity index (χ3n) is 6.67. The Balaban J connectivity index is 1.48. The third-order valence-corrected chi connectivity index (χ3v) is 6.67. The van der Waals surface area contributed by atoms with Gasteiger partial charge in [-0.25, -0.2) is 0 Å². The predicted molar refractivity (Wildman–Crippen MR) is 104 cm³/mol. The van der Waals surface area contributed by atoms with E-state index in [0.29, 0.717) is 0 Å². The molecular formula is C23H42. The zero-order valence-electron chi connectivity index (χ0n) is 16.1. The van der Waals surface area contributed by atoms with Crippen LogP contribution >= 0.6 is 0 Å². The first-order chi connectivity index (χ1) is 11.3. The van der Waals surface area contributed by atoms with Crippen molar-refractivity contribution in [3.63, 3.8) is 0 Å². The highest BCUT2D eigenvalue weighted by molar-refractivity contribution is 4.90. The van der Waals surface area contributed by atoms with Crippen molar-refractivity contribution in [2.45, 2.75) is 110 Å². The number of allylic oxidation sites excluding steroid dienone is 2. The average molecular weight is 319 g/mol. The van der Waals surface area contributed by atoms with Crippen LogP contribution in [0.1, 0.15) is 110 Å². The molecule has 0 aromatic carbocycles. The van der Waals surface area contributed by atoms with Crippen molar-refractivity contribution in [1.82, 2.24) is 0 Å². The van der Waals surface area contributed by atoms with Crippen molar-refractivity contribution in [3.05, 3.63) is 12.2 Å². The quantitative estimate of drug-likeness (QED) is 0.299. The van der Waals surface area contributed by atoms with E-state index in [1.165, 1.54) is 83.5 Å². The first-order valence-electron chi connectivity index (χ1n) is 11.0. The van der Waals surface area contributed by atoms with Gasteiger partial charge in [-0.2, -0.15) is 0 Å². The van der Waals surface area contributed by atoms with Crippen LogP contribution in [0.2, 0.25) is 0 Å². The summed E-state index contributed by atoms with van der Waals surface area (Å²) in [4.78, 5) is 0. The van der Waals surface area contributed by atoms with E-state index >= 15 is 0 Å². The Morgan fingerprint density at radius 1 is 0.652 bits per heavy atom. The van der Waals surface area contributed by atoms with E-state index in [1.54, 1.807) is 12.8 Å². The largest absolute Gasteiger partial charge is 0.0885 e. The fourth-order valence-electron chi connectivity index (χ4n) is 5.08. The van der Waals surface area contributed by atoms with Crippen molar-refractivity contribution in [3.8, 4) is 0 Å². The SMILES string of the molecule is CC/C=C/C1CCC(CCCCC2CCC(CCC)CC2)CC1. The highest BCUT2D eigenvalue weighted by Crippen LogP contribution is 2.35. The van der Waals surface area contributed by atoms with Crippen molar-refractivity contribution >= 4 is 0 Å². The monoisotopic (exact) mass is 318 g/mol. The second-order valence-corrected chi connectivity index (χ2v) is 8.58. The van der Waals surface area contributed by atoms with Gasteiger partial charge in [-0.3, -0.25) is 0 Å². The first kappa shape index (κ1) is 19.1. The van der Waals surface area contributed by atoms with Crippen LogP contribution < -0.4 is 0 Å². The van der Waals surface area contributed by atoms with E-state index in [4.69, 9.17) is 0 Å². The van der Waals surface area contributed by atoms with Gasteiger partial charge in [0.15, 0.2) is 0 Å². The Hall–Kier alpha value is -0.260. The van der Waals surface area contributed by atoms with E-state index in [9.17, 15) is 0 Å². The van der Waals surface area contributed by atoms with Crippen molar-refractivity contribution in [1.29, 1.82) is 0 Å². The summed E-state index contributed by atoms with van der Waals surface area (Å²) >= 11 is 0. The molecule has 134 valence electrons. The molecule has 2 rings (SSSR count). The molecule has 0 bridgehead atoms. The van der Waals surface area contributed by atoms with Crippen LogP contribution in [0.3, 0.4) is 0 Å². The minimum atomic E-state index is 0.907. The Kier molecular flexibility index (Phi) is 9.39. The summed E-state index contributed by atoms with van der Waals surface area (Å²) < 4.78 is 0. The molecule has 0 nitrogen and oxygen atoms in total. The highest BCUT2D eigenvalue weighted by atomic mass is 14.3. The molecule has 2 saturated carbocycles. The van der Waals surface area contributed by atoms with Crippen molar-refractivity contribution in [2.24, 2.45) is 23.7 Å². The highest BCUT2D eigenvalue weighted by Gasteiger charge is 2.21. The summed E-state index contributed by atoms with van der Waals surface area (Å²) in [5.41, 5.74) is 0. The maximum Gasteiger partial charge on any atom is -0.0233 e. The van der Waals surface area contributed by atoms with Gasteiger partial charge in [-0.1, -0.05) is 90.2 Å². The molecule has 0 aliphatic heterocycles. The van der Waals surface area contributed by atoms with E-state index in [0.717, 1.165) is 23.7 Å². The van der Waals surface area contributed by atoms with E-state index in [1.807, 2.05) is 0 Å². The number of rotatable bonds is 9. The van der Waals surface area contributed by atoms with Crippen LogP contribution in [0.5, 0.6) is 0 Å². The number of unbranched alkanes of at least 4 members (excludes halogenated alkanes) is 1. The summed E-state index contributed by atoms with van der Waals surface area (Å²) in [5.74, 6) is 4.12. The molecule has 0 atom stereocenters. The Labute approximate surface area is 146 Å². The minimum absolute atomic E-state index is 0.907. The third kappa shape index (κ3) is 7.44. The first-order valence-corrected chi connectivity index (χ1v) is 11.0. The van der Waals surface area contributed by atoms with Crippen LogP contribution in [0.4, 0.5) is 0 Å². The topological polar surface area (TPSA) is 0 Å². The molecule has 0 aromatic heterocycles. The lowest BCUT2D eigenvalue weighted by Gasteiger charge is -2.29. The molecule has 0 heteroatoms. The molecule has 0 amide bonds. The number of hydrogen-bond donors (Lipinski definition) is 0. The Morgan fingerprint density at radius 2 is 1.13 bits per heavy atom. The minimum Gasteiger partial charge on any atom is -0.0885 e. The molecule has 2 fully saturated rings. The van der Waals surface area contributed by atoms with Crippen molar-refractivity contribution in [2.75, 3.05) is 0 Å². The van der Waals surface area contributed by atoms with Gasteiger partial charge in [0.1, 0.15) is 0 Å². The second-order valence-electron chi connectivity index (χ2n) is 8.58. The normalized spacial score (nSPS) is 32.4. The molecule has 23 heavy (non-hydrogen) atoms. The van der Waals surface area contributed by atoms with Gasteiger partial charge in [-0.15, -0.1) is 0 Å². The van der Waals surface area contributed by atoms with Crippen LogP contribution in [0.15, 0.2) is 12.2 Å². The Morgan fingerprint density at radius 3 is 1.61 bits per heavy atom. The van der Waals surface area contributed by atoms with Gasteiger partial charge in [0.2, 0.25) is 0 Å². The molecule has 0 saturated heterocycles. The molecule has 0 aromatic rings. The van der Waals surface area contributed by atoms with Crippen LogP contribution in [0.25, 0.3) is 0 Å².